The zero-order chi connectivity index (χ0) is 23.7. The molecule has 0 aliphatic carbocycles. The Balaban J connectivity index is 1.10. The number of aryl methyl sites for hydroxylation is 1. The summed E-state index contributed by atoms with van der Waals surface area (Å²) in [6, 6.07) is 14.7. The highest BCUT2D eigenvalue weighted by atomic mass is 16.5. The third-order valence-electron chi connectivity index (χ3n) is 6.28. The van der Waals surface area contributed by atoms with Crippen molar-refractivity contribution in [2.75, 3.05) is 32.7 Å². The lowest BCUT2D eigenvalue weighted by Gasteiger charge is -2.34. The van der Waals surface area contributed by atoms with E-state index in [-0.39, 0.29) is 30.7 Å². The number of hydrogen-bond donors (Lipinski definition) is 0. The Hall–Kier alpha value is -3.85. The Bertz CT molecular complexity index is 1190. The van der Waals surface area contributed by atoms with E-state index in [1.54, 1.807) is 29.2 Å². The van der Waals surface area contributed by atoms with Gasteiger partial charge in [-0.05, 0) is 31.2 Å². The topological polar surface area (TPSA) is 99.9 Å². The quantitative estimate of drug-likeness (QED) is 0.522. The second-order valence-corrected chi connectivity index (χ2v) is 8.60. The number of amides is 3. The van der Waals surface area contributed by atoms with Crippen LogP contribution in [0.3, 0.4) is 0 Å². The summed E-state index contributed by atoms with van der Waals surface area (Å²) in [5, 5.41) is 4.09. The standard InChI is InChI=1S/C25H25N5O4/c1-17-6-8-18(9-7-17)23-26-21(27-34-23)16-28-12-14-29(15-13-28)22(31)10-11-30-24(32)19-4-2-3-5-20(19)25(30)33/h2-9H,10-16H2,1H3. The van der Waals surface area contributed by atoms with Crippen LogP contribution in [0.25, 0.3) is 11.5 Å². The lowest BCUT2D eigenvalue weighted by molar-refractivity contribution is -0.133. The van der Waals surface area contributed by atoms with Crippen LogP contribution in [0.2, 0.25) is 0 Å². The van der Waals surface area contributed by atoms with Crippen LogP contribution >= 0.6 is 0 Å². The van der Waals surface area contributed by atoms with Gasteiger partial charge in [-0.3, -0.25) is 24.2 Å². The number of piperazine rings is 1. The number of carbonyl (C=O) groups excluding carboxylic acids is 3. The van der Waals surface area contributed by atoms with E-state index in [9.17, 15) is 14.4 Å². The second kappa shape index (κ2) is 9.18. The summed E-state index contributed by atoms with van der Waals surface area (Å²) in [5.74, 6) is 0.391. The number of rotatable bonds is 6. The maximum atomic E-state index is 12.7. The number of hydrogen-bond acceptors (Lipinski definition) is 7. The molecule has 2 aliphatic heterocycles. The minimum absolute atomic E-state index is 0.0579. The van der Waals surface area contributed by atoms with Gasteiger partial charge in [-0.2, -0.15) is 4.98 Å². The number of fused-ring (bicyclic) bond motifs is 1. The Morgan fingerprint density at radius 2 is 1.59 bits per heavy atom. The van der Waals surface area contributed by atoms with E-state index in [0.29, 0.717) is 55.6 Å². The first-order valence-corrected chi connectivity index (χ1v) is 11.3. The molecule has 3 aromatic rings. The first kappa shape index (κ1) is 22.0. The summed E-state index contributed by atoms with van der Waals surface area (Å²) in [6.45, 7) is 5.19. The highest BCUT2D eigenvalue weighted by molar-refractivity contribution is 6.21. The molecule has 0 saturated carbocycles. The molecule has 0 bridgehead atoms. The lowest BCUT2D eigenvalue weighted by Crippen LogP contribution is -2.49. The molecule has 1 saturated heterocycles. The normalized spacial score (nSPS) is 16.3. The van der Waals surface area contributed by atoms with Gasteiger partial charge >= 0.3 is 0 Å². The van der Waals surface area contributed by atoms with E-state index in [2.05, 4.69) is 15.0 Å². The van der Waals surface area contributed by atoms with Gasteiger partial charge in [0.1, 0.15) is 0 Å². The van der Waals surface area contributed by atoms with Crippen molar-refractivity contribution in [1.82, 2.24) is 24.8 Å². The number of aromatic nitrogens is 2. The molecule has 174 valence electrons. The summed E-state index contributed by atoms with van der Waals surface area (Å²) >= 11 is 0. The van der Waals surface area contributed by atoms with Crippen molar-refractivity contribution < 1.29 is 18.9 Å². The molecule has 3 amide bonds. The molecule has 0 radical (unpaired) electrons. The van der Waals surface area contributed by atoms with Gasteiger partial charge < -0.3 is 9.42 Å². The summed E-state index contributed by atoms with van der Waals surface area (Å²) in [6.07, 6.45) is 0.121. The van der Waals surface area contributed by atoms with E-state index in [4.69, 9.17) is 4.52 Å². The maximum absolute atomic E-state index is 12.7. The van der Waals surface area contributed by atoms with E-state index in [0.717, 1.165) is 5.56 Å². The predicted octanol–water partition coefficient (Wildman–Crippen LogP) is 2.38. The SMILES string of the molecule is Cc1ccc(-c2nc(CN3CCN(C(=O)CCN4C(=O)c5ccccc5C4=O)CC3)no2)cc1. The van der Waals surface area contributed by atoms with Crippen molar-refractivity contribution >= 4 is 17.7 Å². The van der Waals surface area contributed by atoms with Crippen LogP contribution < -0.4 is 0 Å². The predicted molar refractivity (Wildman–Crippen MR) is 123 cm³/mol. The van der Waals surface area contributed by atoms with Crippen LogP contribution in [0.15, 0.2) is 53.1 Å². The molecule has 3 heterocycles. The summed E-state index contributed by atoms with van der Waals surface area (Å²) in [7, 11) is 0. The fourth-order valence-corrected chi connectivity index (χ4v) is 4.29. The van der Waals surface area contributed by atoms with Crippen LogP contribution in [0.5, 0.6) is 0 Å². The van der Waals surface area contributed by atoms with E-state index in [1.807, 2.05) is 31.2 Å². The second-order valence-electron chi connectivity index (χ2n) is 8.60. The van der Waals surface area contributed by atoms with Crippen LogP contribution in [0.4, 0.5) is 0 Å². The molecular weight excluding hydrogens is 434 g/mol. The third-order valence-corrected chi connectivity index (χ3v) is 6.28. The molecule has 9 heteroatoms. The van der Waals surface area contributed by atoms with Gasteiger partial charge in [0.25, 0.3) is 17.7 Å². The molecule has 2 aliphatic rings. The Morgan fingerprint density at radius 3 is 2.24 bits per heavy atom. The molecule has 5 rings (SSSR count). The van der Waals surface area contributed by atoms with E-state index < -0.39 is 0 Å². The van der Waals surface area contributed by atoms with Gasteiger partial charge in [-0.25, -0.2) is 0 Å². The van der Waals surface area contributed by atoms with Crippen LogP contribution in [0, 0.1) is 6.92 Å². The molecule has 0 spiro atoms. The molecule has 0 unspecified atom stereocenters. The Kier molecular flexibility index (Phi) is 5.93. The molecule has 34 heavy (non-hydrogen) atoms. The van der Waals surface area contributed by atoms with Crippen LogP contribution in [-0.2, 0) is 11.3 Å². The zero-order valence-corrected chi connectivity index (χ0v) is 18.9. The van der Waals surface area contributed by atoms with Gasteiger partial charge in [0.05, 0.1) is 17.7 Å². The van der Waals surface area contributed by atoms with Crippen molar-refractivity contribution in [2.24, 2.45) is 0 Å². The zero-order valence-electron chi connectivity index (χ0n) is 18.9. The van der Waals surface area contributed by atoms with Crippen molar-refractivity contribution in [1.29, 1.82) is 0 Å². The van der Waals surface area contributed by atoms with Gasteiger partial charge in [-0.1, -0.05) is 35.0 Å². The van der Waals surface area contributed by atoms with Gasteiger partial charge in [-0.15, -0.1) is 0 Å². The number of benzene rings is 2. The Morgan fingerprint density at radius 1 is 0.941 bits per heavy atom. The molecule has 1 fully saturated rings. The summed E-state index contributed by atoms with van der Waals surface area (Å²) < 4.78 is 5.40. The van der Waals surface area contributed by atoms with Crippen molar-refractivity contribution in [2.45, 2.75) is 19.9 Å². The average molecular weight is 460 g/mol. The summed E-state index contributed by atoms with van der Waals surface area (Å²) in [5.41, 5.74) is 2.86. The lowest BCUT2D eigenvalue weighted by atomic mass is 10.1. The van der Waals surface area contributed by atoms with Crippen molar-refractivity contribution in [3.63, 3.8) is 0 Å². The van der Waals surface area contributed by atoms with E-state index >= 15 is 0 Å². The van der Waals surface area contributed by atoms with E-state index in [1.165, 1.54) is 10.5 Å². The number of imide groups is 1. The number of carbonyl (C=O) groups is 3. The molecule has 0 atom stereocenters. The highest BCUT2D eigenvalue weighted by Gasteiger charge is 2.35. The Labute approximate surface area is 196 Å². The van der Waals surface area contributed by atoms with Crippen molar-refractivity contribution in [3.05, 3.63) is 71.0 Å². The molecule has 0 N–H and O–H groups in total. The minimum Gasteiger partial charge on any atom is -0.340 e. The fraction of sp³-hybridized carbons (Fsp3) is 0.320. The van der Waals surface area contributed by atoms with Gasteiger partial charge in [0, 0.05) is 44.7 Å². The third kappa shape index (κ3) is 4.34. The largest absolute Gasteiger partial charge is 0.340 e. The van der Waals surface area contributed by atoms with Crippen LogP contribution in [-0.4, -0.2) is 75.3 Å². The monoisotopic (exact) mass is 459 g/mol. The number of nitrogens with zero attached hydrogens (tertiary/aromatic N) is 5. The van der Waals surface area contributed by atoms with Gasteiger partial charge in [0.15, 0.2) is 5.82 Å². The van der Waals surface area contributed by atoms with Gasteiger partial charge in [0.2, 0.25) is 5.91 Å². The van der Waals surface area contributed by atoms with Crippen molar-refractivity contribution in [3.8, 4) is 11.5 Å². The molecule has 2 aromatic carbocycles. The van der Waals surface area contributed by atoms with Crippen LogP contribution in [0.1, 0.15) is 38.5 Å². The minimum atomic E-state index is -0.330. The average Bonchev–Trinajstić information content (AvgIpc) is 3.41. The molecule has 1 aromatic heterocycles. The smallest absolute Gasteiger partial charge is 0.261 e. The fourth-order valence-electron chi connectivity index (χ4n) is 4.29. The summed E-state index contributed by atoms with van der Waals surface area (Å²) in [4.78, 5) is 47.3. The first-order chi connectivity index (χ1) is 16.5. The molecular formula is C25H25N5O4. The highest BCUT2D eigenvalue weighted by Crippen LogP contribution is 2.23. The maximum Gasteiger partial charge on any atom is 0.261 e. The first-order valence-electron chi connectivity index (χ1n) is 11.3. The molecule has 9 nitrogen and oxygen atoms in total.